The van der Waals surface area contributed by atoms with Crippen molar-refractivity contribution in [1.82, 2.24) is 0 Å². The normalized spacial score (nSPS) is 13.0. The predicted molar refractivity (Wildman–Crippen MR) is 212 cm³/mol. The molecule has 0 saturated carbocycles. The summed E-state index contributed by atoms with van der Waals surface area (Å²) >= 11 is 0. The van der Waals surface area contributed by atoms with Crippen LogP contribution in [-0.2, 0) is 40.5 Å². The van der Waals surface area contributed by atoms with Crippen molar-refractivity contribution in [3.63, 3.8) is 0 Å². The average molecular weight is 871 g/mol. The molecule has 0 radical (unpaired) electrons. The summed E-state index contributed by atoms with van der Waals surface area (Å²) in [6.07, 6.45) is 0. The lowest BCUT2D eigenvalue weighted by Gasteiger charge is -2.14. The molecule has 0 fully saturated rings. The molecule has 0 atom stereocenters. The molecular formula is C35H30N6O13S4. The SMILES string of the molecule is Cc1cc(-c2ccc(N=Nc3ccc4c(S(=O)(=O)O)cc(S(=O)(=O)O)c(N)c4c3O)c(C)c2)ccc1N=Nc1ccc2c(S(=O)(=O)O)cc(S(=O)(=O)O)c(N)c2c1C. The zero-order chi connectivity index (χ0) is 42.9. The Morgan fingerprint density at radius 3 is 1.21 bits per heavy atom. The fraction of sp³-hybridized carbons (Fsp3) is 0.0857. The summed E-state index contributed by atoms with van der Waals surface area (Å²) in [6, 6.07) is 16.5. The van der Waals surface area contributed by atoms with Crippen molar-refractivity contribution < 1.29 is 57.0 Å². The van der Waals surface area contributed by atoms with E-state index >= 15 is 0 Å². The summed E-state index contributed by atoms with van der Waals surface area (Å²) in [5.74, 6) is -0.770. The van der Waals surface area contributed by atoms with Gasteiger partial charge in [0.1, 0.15) is 25.3 Å². The highest BCUT2D eigenvalue weighted by Gasteiger charge is 2.28. The topological polar surface area (TPSA) is 339 Å². The van der Waals surface area contributed by atoms with Crippen LogP contribution in [0, 0.1) is 20.8 Å². The van der Waals surface area contributed by atoms with Gasteiger partial charge in [0.25, 0.3) is 40.5 Å². The van der Waals surface area contributed by atoms with Crippen LogP contribution in [0.4, 0.5) is 34.1 Å². The highest BCUT2D eigenvalue weighted by molar-refractivity contribution is 7.87. The molecule has 0 aliphatic rings. The van der Waals surface area contributed by atoms with E-state index in [1.165, 1.54) is 25.1 Å². The number of nitrogens with zero attached hydrogens (tertiary/aromatic N) is 4. The van der Waals surface area contributed by atoms with Crippen molar-refractivity contribution in [2.75, 3.05) is 11.5 Å². The number of benzene rings is 6. The Morgan fingerprint density at radius 1 is 0.448 bits per heavy atom. The van der Waals surface area contributed by atoms with Crippen LogP contribution in [0.25, 0.3) is 32.7 Å². The van der Waals surface area contributed by atoms with E-state index in [-0.39, 0.29) is 33.1 Å². The quantitative estimate of drug-likeness (QED) is 0.0426. The van der Waals surface area contributed by atoms with E-state index in [2.05, 4.69) is 20.5 Å². The van der Waals surface area contributed by atoms with Gasteiger partial charge in [0, 0.05) is 16.2 Å². The van der Waals surface area contributed by atoms with Gasteiger partial charge >= 0.3 is 0 Å². The molecule has 19 nitrogen and oxygen atoms in total. The summed E-state index contributed by atoms with van der Waals surface area (Å²) in [6.45, 7) is 5.00. The Morgan fingerprint density at radius 2 is 0.793 bits per heavy atom. The molecule has 0 aliphatic heterocycles. The van der Waals surface area contributed by atoms with Gasteiger partial charge in [-0.3, -0.25) is 18.2 Å². The average Bonchev–Trinajstić information content (AvgIpc) is 3.09. The number of hydrogen-bond acceptors (Lipinski definition) is 15. The van der Waals surface area contributed by atoms with Crippen LogP contribution >= 0.6 is 0 Å². The van der Waals surface area contributed by atoms with Crippen LogP contribution < -0.4 is 11.5 Å². The molecule has 0 amide bonds. The maximum absolute atomic E-state index is 12.1. The largest absolute Gasteiger partial charge is 0.505 e. The molecule has 23 heteroatoms. The third kappa shape index (κ3) is 7.84. The van der Waals surface area contributed by atoms with Crippen LogP contribution in [-0.4, -0.2) is 57.0 Å². The second kappa shape index (κ2) is 14.5. The Hall–Kier alpha value is -5.92. The van der Waals surface area contributed by atoms with Crippen molar-refractivity contribution in [2.24, 2.45) is 20.5 Å². The van der Waals surface area contributed by atoms with Crippen LogP contribution in [0.5, 0.6) is 5.75 Å². The number of hydrogen-bond donors (Lipinski definition) is 7. The molecule has 0 heterocycles. The number of aromatic hydroxyl groups is 1. The minimum Gasteiger partial charge on any atom is -0.505 e. The predicted octanol–water partition coefficient (Wildman–Crippen LogP) is 7.27. The van der Waals surface area contributed by atoms with Crippen molar-refractivity contribution >= 4 is 96.1 Å². The lowest BCUT2D eigenvalue weighted by molar-refractivity contribution is 0.477. The molecule has 0 saturated heterocycles. The number of fused-ring (bicyclic) bond motifs is 2. The third-order valence-electron chi connectivity index (χ3n) is 9.09. The minimum absolute atomic E-state index is 0.0769. The Labute approximate surface area is 330 Å². The molecule has 58 heavy (non-hydrogen) atoms. The zero-order valence-electron chi connectivity index (χ0n) is 30.0. The fourth-order valence-electron chi connectivity index (χ4n) is 6.26. The number of phenols is 1. The molecule has 6 rings (SSSR count). The van der Waals surface area contributed by atoms with Crippen molar-refractivity contribution in [2.45, 2.75) is 40.4 Å². The molecule has 9 N–H and O–H groups in total. The highest BCUT2D eigenvalue weighted by Crippen LogP contribution is 2.44. The number of nitrogen functional groups attached to an aromatic ring is 2. The number of phenolic OH excluding ortho intramolecular Hbond substituents is 1. The standard InChI is InChI=1S/C35H30N6O13S4/c1-16-12-19(4-8-23(16)38-40-25-10-6-21-27(55(43,44)45)14-29(57(49,50)51)33(36)31(21)18(25)3)20-5-9-24(17(2)13-20)39-41-26-11-7-22-28(56(46,47)48)15-30(58(52,53)54)34(37)32(22)35(26)42/h4-15,42H,36-37H2,1-3H3,(H,43,44,45)(H,46,47,48)(H,49,50,51)(H,52,53,54). The smallest absolute Gasteiger partial charge is 0.296 e. The third-order valence-corrected chi connectivity index (χ3v) is 12.7. The first-order valence-electron chi connectivity index (χ1n) is 16.2. The van der Waals surface area contributed by atoms with Crippen LogP contribution in [0.3, 0.4) is 0 Å². The first kappa shape index (κ1) is 41.7. The van der Waals surface area contributed by atoms with E-state index in [0.29, 0.717) is 34.6 Å². The van der Waals surface area contributed by atoms with E-state index in [0.717, 1.165) is 17.2 Å². The van der Waals surface area contributed by atoms with E-state index in [9.17, 15) is 57.0 Å². The van der Waals surface area contributed by atoms with Gasteiger partial charge in [0.05, 0.1) is 33.8 Å². The summed E-state index contributed by atoms with van der Waals surface area (Å²) in [4.78, 5) is -3.67. The summed E-state index contributed by atoms with van der Waals surface area (Å²) < 4.78 is 135. The molecule has 0 aliphatic carbocycles. The lowest BCUT2D eigenvalue weighted by atomic mass is 10.00. The minimum atomic E-state index is -5.09. The Kier molecular flexibility index (Phi) is 10.4. The highest BCUT2D eigenvalue weighted by atomic mass is 32.2. The Balaban J connectivity index is 1.30. The molecule has 0 unspecified atom stereocenters. The summed E-state index contributed by atoms with van der Waals surface area (Å²) in [7, 11) is -20.1. The van der Waals surface area contributed by atoms with Gasteiger partial charge in [-0.05, 0) is 97.1 Å². The first-order valence-corrected chi connectivity index (χ1v) is 21.9. The second-order valence-corrected chi connectivity index (χ2v) is 18.4. The number of aryl methyl sites for hydroxylation is 3. The molecule has 6 aromatic carbocycles. The fourth-order valence-corrected chi connectivity index (χ4v) is 9.13. The van der Waals surface area contributed by atoms with Crippen molar-refractivity contribution in [1.29, 1.82) is 0 Å². The van der Waals surface area contributed by atoms with Gasteiger partial charge in [0.2, 0.25) is 0 Å². The van der Waals surface area contributed by atoms with Gasteiger partial charge < -0.3 is 16.6 Å². The second-order valence-electron chi connectivity index (χ2n) is 12.9. The maximum Gasteiger partial charge on any atom is 0.296 e. The van der Waals surface area contributed by atoms with Gasteiger partial charge in [-0.15, -0.1) is 5.11 Å². The van der Waals surface area contributed by atoms with Gasteiger partial charge in [-0.2, -0.15) is 49.0 Å². The number of azo groups is 2. The van der Waals surface area contributed by atoms with Gasteiger partial charge in [0.15, 0.2) is 5.75 Å². The van der Waals surface area contributed by atoms with Gasteiger partial charge in [-0.1, -0.05) is 24.3 Å². The molecule has 0 bridgehead atoms. The monoisotopic (exact) mass is 870 g/mol. The lowest BCUT2D eigenvalue weighted by Crippen LogP contribution is -2.08. The molecular weight excluding hydrogens is 841 g/mol. The van der Waals surface area contributed by atoms with Crippen molar-refractivity contribution in [3.8, 4) is 16.9 Å². The molecule has 0 aromatic heterocycles. The van der Waals surface area contributed by atoms with Gasteiger partial charge in [-0.25, -0.2) is 0 Å². The van der Waals surface area contributed by atoms with E-state index in [4.69, 9.17) is 11.5 Å². The molecule has 0 spiro atoms. The van der Waals surface area contributed by atoms with Crippen LogP contribution in [0.15, 0.2) is 113 Å². The number of nitrogens with two attached hydrogens (primary N) is 2. The van der Waals surface area contributed by atoms with Crippen LogP contribution in [0.1, 0.15) is 16.7 Å². The maximum atomic E-state index is 12.1. The molecule has 302 valence electrons. The van der Waals surface area contributed by atoms with Crippen LogP contribution in [0.2, 0.25) is 0 Å². The Bertz CT molecular complexity index is 3080. The van der Waals surface area contributed by atoms with E-state index < -0.39 is 82.6 Å². The summed E-state index contributed by atoms with van der Waals surface area (Å²) in [5.41, 5.74) is 14.6. The van der Waals surface area contributed by atoms with E-state index in [1.54, 1.807) is 44.2 Å². The summed E-state index contributed by atoms with van der Waals surface area (Å²) in [5, 5.41) is 26.7. The van der Waals surface area contributed by atoms with Crippen molar-refractivity contribution in [3.05, 3.63) is 89.5 Å². The molecule has 6 aromatic rings. The zero-order valence-corrected chi connectivity index (χ0v) is 33.3. The number of anilines is 2. The first-order chi connectivity index (χ1) is 26.8. The number of rotatable bonds is 9. The van der Waals surface area contributed by atoms with E-state index in [1.807, 2.05) is 6.07 Å².